The summed E-state index contributed by atoms with van der Waals surface area (Å²) in [5, 5.41) is 11.1. The molecule has 0 saturated heterocycles. The molecule has 0 radical (unpaired) electrons. The van der Waals surface area contributed by atoms with E-state index in [1.54, 1.807) is 5.48 Å². The molecule has 0 aliphatic heterocycles. The summed E-state index contributed by atoms with van der Waals surface area (Å²) >= 11 is 0. The van der Waals surface area contributed by atoms with Gasteiger partial charge in [-0.25, -0.2) is 5.48 Å². The van der Waals surface area contributed by atoms with Gasteiger partial charge >= 0.3 is 0 Å². The van der Waals surface area contributed by atoms with Crippen LogP contribution in [0.1, 0.15) is 37.7 Å². The fourth-order valence-corrected chi connectivity index (χ4v) is 1.81. The topological polar surface area (TPSA) is 78.4 Å². The van der Waals surface area contributed by atoms with Crippen molar-refractivity contribution in [2.45, 2.75) is 32.1 Å². The van der Waals surface area contributed by atoms with E-state index in [2.05, 4.69) is 5.32 Å². The van der Waals surface area contributed by atoms with Crippen LogP contribution < -0.4 is 10.8 Å². The van der Waals surface area contributed by atoms with Crippen molar-refractivity contribution in [3.63, 3.8) is 0 Å². The molecule has 0 saturated carbocycles. The van der Waals surface area contributed by atoms with Crippen LogP contribution in [-0.4, -0.2) is 23.6 Å². The van der Waals surface area contributed by atoms with Gasteiger partial charge in [-0.3, -0.25) is 14.8 Å². The molecule has 0 unspecified atom stereocenters. The number of carbonyl (C=O) groups is 2. The molecule has 5 heteroatoms. The molecule has 21 heavy (non-hydrogen) atoms. The van der Waals surface area contributed by atoms with Crippen molar-refractivity contribution in [3.05, 3.63) is 42.0 Å². The third kappa shape index (κ3) is 8.60. The minimum absolute atomic E-state index is 0.00437. The molecule has 2 amide bonds. The Morgan fingerprint density at radius 1 is 1.05 bits per heavy atom. The number of nitrogens with one attached hydrogen (secondary N) is 2. The van der Waals surface area contributed by atoms with Gasteiger partial charge in [0.2, 0.25) is 11.8 Å². The molecule has 1 aromatic rings. The van der Waals surface area contributed by atoms with Gasteiger partial charge in [-0.15, -0.1) is 0 Å². The molecule has 0 spiro atoms. The zero-order chi connectivity index (χ0) is 15.3. The zero-order valence-corrected chi connectivity index (χ0v) is 12.0. The number of amides is 2. The summed E-state index contributed by atoms with van der Waals surface area (Å²) in [6, 6.07) is 9.83. The van der Waals surface area contributed by atoms with Crippen molar-refractivity contribution in [2.75, 3.05) is 6.54 Å². The van der Waals surface area contributed by atoms with Crippen LogP contribution in [0.2, 0.25) is 0 Å². The van der Waals surface area contributed by atoms with Crippen LogP contribution in [0.3, 0.4) is 0 Å². The summed E-state index contributed by atoms with van der Waals surface area (Å²) in [5.41, 5.74) is 2.67. The number of rotatable bonds is 9. The summed E-state index contributed by atoms with van der Waals surface area (Å²) < 4.78 is 0. The quantitative estimate of drug-likeness (QED) is 0.371. The predicted molar refractivity (Wildman–Crippen MR) is 81.5 cm³/mol. The molecular formula is C16H22N2O3. The first-order valence-corrected chi connectivity index (χ1v) is 7.13. The molecule has 0 heterocycles. The maximum Gasteiger partial charge on any atom is 0.243 e. The number of hydrogen-bond donors (Lipinski definition) is 3. The average molecular weight is 290 g/mol. The van der Waals surface area contributed by atoms with E-state index in [4.69, 9.17) is 5.21 Å². The molecule has 1 aromatic carbocycles. The number of unbranched alkanes of at least 4 members (excludes halogenated alkanes) is 2. The Kier molecular flexibility index (Phi) is 8.56. The van der Waals surface area contributed by atoms with Crippen molar-refractivity contribution >= 4 is 17.9 Å². The van der Waals surface area contributed by atoms with Crippen molar-refractivity contribution in [2.24, 2.45) is 0 Å². The van der Waals surface area contributed by atoms with E-state index in [9.17, 15) is 9.59 Å². The zero-order valence-electron chi connectivity index (χ0n) is 12.0. The van der Waals surface area contributed by atoms with Gasteiger partial charge in [-0.1, -0.05) is 48.9 Å². The van der Waals surface area contributed by atoms with Crippen molar-refractivity contribution in [1.29, 1.82) is 0 Å². The van der Waals surface area contributed by atoms with E-state index in [-0.39, 0.29) is 11.8 Å². The van der Waals surface area contributed by atoms with Gasteiger partial charge in [0.25, 0.3) is 0 Å². The third-order valence-electron chi connectivity index (χ3n) is 2.94. The molecule has 0 bridgehead atoms. The van der Waals surface area contributed by atoms with Gasteiger partial charge in [-0.05, 0) is 18.4 Å². The smallest absolute Gasteiger partial charge is 0.243 e. The van der Waals surface area contributed by atoms with Crippen LogP contribution in [0.5, 0.6) is 0 Å². The summed E-state index contributed by atoms with van der Waals surface area (Å²) in [6.07, 6.45) is 6.81. The molecule has 0 fully saturated rings. The first kappa shape index (κ1) is 16.9. The molecule has 1 rings (SSSR count). The first-order chi connectivity index (χ1) is 10.2. The average Bonchev–Trinajstić information content (AvgIpc) is 2.51. The standard InChI is InChI=1S/C16H22N2O3/c19-15(12-7-10-14-8-3-1-4-9-14)17-13-6-2-5-11-16(20)18-21/h1,3-4,7-10,21H,2,5-6,11-13H2,(H,17,19)(H,18,20). The molecule has 5 nitrogen and oxygen atoms in total. The Bertz CT molecular complexity index is 458. The largest absolute Gasteiger partial charge is 0.356 e. The maximum absolute atomic E-state index is 11.6. The van der Waals surface area contributed by atoms with Gasteiger partial charge in [-0.2, -0.15) is 0 Å². The Morgan fingerprint density at radius 3 is 2.52 bits per heavy atom. The highest BCUT2D eigenvalue weighted by Crippen LogP contribution is 2.02. The molecule has 3 N–H and O–H groups in total. The van der Waals surface area contributed by atoms with Gasteiger partial charge in [0.05, 0.1) is 0 Å². The highest BCUT2D eigenvalue weighted by Gasteiger charge is 1.99. The Hall–Kier alpha value is -2.14. The lowest BCUT2D eigenvalue weighted by atomic mass is 10.2. The van der Waals surface area contributed by atoms with Crippen LogP contribution in [0.25, 0.3) is 6.08 Å². The van der Waals surface area contributed by atoms with Crippen molar-refractivity contribution in [1.82, 2.24) is 10.8 Å². The summed E-state index contributed by atoms with van der Waals surface area (Å²) in [4.78, 5) is 22.3. The fraction of sp³-hybridized carbons (Fsp3) is 0.375. The van der Waals surface area contributed by atoms with Crippen LogP contribution in [0, 0.1) is 0 Å². The second kappa shape index (κ2) is 10.6. The second-order valence-corrected chi connectivity index (χ2v) is 4.71. The van der Waals surface area contributed by atoms with Gasteiger partial charge < -0.3 is 5.32 Å². The Balaban J connectivity index is 2.04. The van der Waals surface area contributed by atoms with E-state index in [1.165, 1.54) is 0 Å². The summed E-state index contributed by atoms with van der Waals surface area (Å²) in [6.45, 7) is 0.610. The van der Waals surface area contributed by atoms with Crippen LogP contribution in [0.15, 0.2) is 36.4 Å². The normalized spacial score (nSPS) is 10.5. The SMILES string of the molecule is O=C(CCCCCNC(=O)CC=Cc1ccccc1)NO. The fourth-order valence-electron chi connectivity index (χ4n) is 1.81. The Labute approximate surface area is 125 Å². The van der Waals surface area contributed by atoms with Crippen LogP contribution >= 0.6 is 0 Å². The van der Waals surface area contributed by atoms with E-state index in [0.29, 0.717) is 25.8 Å². The molecule has 0 atom stereocenters. The monoisotopic (exact) mass is 290 g/mol. The first-order valence-electron chi connectivity index (χ1n) is 7.13. The number of benzene rings is 1. The lowest BCUT2D eigenvalue weighted by Crippen LogP contribution is -2.23. The van der Waals surface area contributed by atoms with Crippen molar-refractivity contribution in [3.8, 4) is 0 Å². The third-order valence-corrected chi connectivity index (χ3v) is 2.94. The molecule has 0 aliphatic rings. The second-order valence-electron chi connectivity index (χ2n) is 4.71. The van der Waals surface area contributed by atoms with Gasteiger partial charge in [0, 0.05) is 19.4 Å². The molecular weight excluding hydrogens is 268 g/mol. The predicted octanol–water partition coefficient (Wildman–Crippen LogP) is 2.27. The maximum atomic E-state index is 11.6. The van der Waals surface area contributed by atoms with E-state index in [0.717, 1.165) is 18.4 Å². The van der Waals surface area contributed by atoms with E-state index < -0.39 is 0 Å². The summed E-state index contributed by atoms with van der Waals surface area (Å²) in [7, 11) is 0. The number of hydroxylamine groups is 1. The van der Waals surface area contributed by atoms with Crippen LogP contribution in [0.4, 0.5) is 0 Å². The van der Waals surface area contributed by atoms with Gasteiger partial charge in [0.1, 0.15) is 0 Å². The number of carbonyl (C=O) groups excluding carboxylic acids is 2. The van der Waals surface area contributed by atoms with E-state index >= 15 is 0 Å². The highest BCUT2D eigenvalue weighted by atomic mass is 16.5. The molecule has 114 valence electrons. The lowest BCUT2D eigenvalue weighted by Gasteiger charge is -2.03. The number of hydrogen-bond acceptors (Lipinski definition) is 3. The van der Waals surface area contributed by atoms with Crippen molar-refractivity contribution < 1.29 is 14.8 Å². The Morgan fingerprint density at radius 2 is 1.81 bits per heavy atom. The van der Waals surface area contributed by atoms with Crippen LogP contribution in [-0.2, 0) is 9.59 Å². The van der Waals surface area contributed by atoms with E-state index in [1.807, 2.05) is 42.5 Å². The lowest BCUT2D eigenvalue weighted by molar-refractivity contribution is -0.129. The highest BCUT2D eigenvalue weighted by molar-refractivity contribution is 5.78. The van der Waals surface area contributed by atoms with Gasteiger partial charge in [0.15, 0.2) is 0 Å². The molecule has 0 aliphatic carbocycles. The minimum atomic E-state index is -0.370. The summed E-state index contributed by atoms with van der Waals surface area (Å²) in [5.74, 6) is -0.375. The minimum Gasteiger partial charge on any atom is -0.356 e. The molecule has 0 aromatic heterocycles.